The Kier molecular flexibility index (Phi) is 35.8. The SMILES string of the molecule is CCCC/C=C/CCCCCCCCCCCC(=O)O[C@@H](COC(=O)CCCCCCCCCCC/C=C/CCCCCC)CO[C@H]1O[C@@H](CO)[C@@H](O)C(O)C1O. The van der Waals surface area contributed by atoms with Crippen LogP contribution in [-0.4, -0.2) is 89.0 Å². The van der Waals surface area contributed by atoms with E-state index in [1.54, 1.807) is 0 Å². The van der Waals surface area contributed by atoms with Crippen LogP contribution in [0.25, 0.3) is 0 Å². The lowest BCUT2D eigenvalue weighted by atomic mass is 9.99. The van der Waals surface area contributed by atoms with Crippen LogP contribution in [0.3, 0.4) is 0 Å². The minimum Gasteiger partial charge on any atom is -0.462 e. The van der Waals surface area contributed by atoms with Crippen molar-refractivity contribution in [1.82, 2.24) is 0 Å². The molecule has 0 spiro atoms. The van der Waals surface area contributed by atoms with Crippen molar-refractivity contribution in [1.29, 1.82) is 0 Å². The highest BCUT2D eigenvalue weighted by Crippen LogP contribution is 2.23. The van der Waals surface area contributed by atoms with Crippen molar-refractivity contribution in [2.24, 2.45) is 0 Å². The van der Waals surface area contributed by atoms with E-state index in [4.69, 9.17) is 18.9 Å². The van der Waals surface area contributed by atoms with E-state index >= 15 is 0 Å². The van der Waals surface area contributed by atoms with E-state index in [1.165, 1.54) is 128 Å². The smallest absolute Gasteiger partial charge is 0.306 e. The molecule has 57 heavy (non-hydrogen) atoms. The molecule has 0 aromatic heterocycles. The summed E-state index contributed by atoms with van der Waals surface area (Å²) in [7, 11) is 0. The first-order valence-electron chi connectivity index (χ1n) is 23.4. The second kappa shape index (κ2) is 38.4. The Morgan fingerprint density at radius 3 is 1.42 bits per heavy atom. The largest absolute Gasteiger partial charge is 0.462 e. The Morgan fingerprint density at radius 2 is 0.947 bits per heavy atom. The molecule has 1 aliphatic rings. The number of unbranched alkanes of at least 4 members (excludes halogenated alkanes) is 24. The number of aliphatic hydroxyl groups is 4. The summed E-state index contributed by atoms with van der Waals surface area (Å²) in [6.07, 6.45) is 34.6. The lowest BCUT2D eigenvalue weighted by molar-refractivity contribution is -0.305. The molecule has 1 heterocycles. The number of aliphatic hydroxyl groups excluding tert-OH is 4. The van der Waals surface area contributed by atoms with Gasteiger partial charge in [-0.1, -0.05) is 160 Å². The van der Waals surface area contributed by atoms with Crippen LogP contribution in [0.5, 0.6) is 0 Å². The summed E-state index contributed by atoms with van der Waals surface area (Å²) in [6.45, 7) is 3.39. The number of rotatable bonds is 39. The highest BCUT2D eigenvalue weighted by Gasteiger charge is 2.44. The summed E-state index contributed by atoms with van der Waals surface area (Å²) in [5.41, 5.74) is 0. The highest BCUT2D eigenvalue weighted by molar-refractivity contribution is 5.70. The second-order valence-corrected chi connectivity index (χ2v) is 16.2. The molecule has 1 rings (SSSR count). The van der Waals surface area contributed by atoms with Crippen LogP contribution in [0.2, 0.25) is 0 Å². The number of hydrogen-bond donors (Lipinski definition) is 4. The van der Waals surface area contributed by atoms with Crippen LogP contribution in [0, 0.1) is 0 Å². The predicted molar refractivity (Wildman–Crippen MR) is 229 cm³/mol. The van der Waals surface area contributed by atoms with E-state index in [0.717, 1.165) is 44.9 Å². The molecule has 0 saturated carbocycles. The monoisotopic (exact) mass is 811 g/mol. The van der Waals surface area contributed by atoms with E-state index < -0.39 is 49.4 Å². The number of ether oxygens (including phenoxy) is 4. The Hall–Kier alpha value is -1.82. The molecule has 0 amide bonds. The van der Waals surface area contributed by atoms with Gasteiger partial charge in [0, 0.05) is 12.8 Å². The normalized spacial score (nSPS) is 20.4. The zero-order chi connectivity index (χ0) is 41.6. The maximum Gasteiger partial charge on any atom is 0.306 e. The zero-order valence-corrected chi connectivity index (χ0v) is 36.3. The third-order valence-corrected chi connectivity index (χ3v) is 10.8. The summed E-state index contributed by atoms with van der Waals surface area (Å²) < 4.78 is 22.2. The molecule has 1 saturated heterocycles. The van der Waals surface area contributed by atoms with Gasteiger partial charge in [-0.3, -0.25) is 9.59 Å². The molecule has 1 fully saturated rings. The van der Waals surface area contributed by atoms with Crippen molar-refractivity contribution in [2.45, 2.75) is 243 Å². The highest BCUT2D eigenvalue weighted by atomic mass is 16.7. The fraction of sp³-hybridized carbons (Fsp3) is 0.872. The van der Waals surface area contributed by atoms with Gasteiger partial charge in [-0.2, -0.15) is 0 Å². The first kappa shape index (κ1) is 53.2. The molecular formula is C47H86O10. The maximum absolute atomic E-state index is 12.8. The van der Waals surface area contributed by atoms with Crippen LogP contribution in [-0.2, 0) is 28.5 Å². The van der Waals surface area contributed by atoms with Gasteiger partial charge >= 0.3 is 11.9 Å². The minimum absolute atomic E-state index is 0.216. The van der Waals surface area contributed by atoms with Gasteiger partial charge in [0.25, 0.3) is 0 Å². The first-order chi connectivity index (χ1) is 27.8. The van der Waals surface area contributed by atoms with Gasteiger partial charge in [0.2, 0.25) is 0 Å². The summed E-state index contributed by atoms with van der Waals surface area (Å²) >= 11 is 0. The van der Waals surface area contributed by atoms with Gasteiger partial charge in [0.15, 0.2) is 12.4 Å². The van der Waals surface area contributed by atoms with Gasteiger partial charge in [-0.25, -0.2) is 0 Å². The van der Waals surface area contributed by atoms with Crippen LogP contribution in [0.4, 0.5) is 0 Å². The average Bonchev–Trinajstić information content (AvgIpc) is 3.21. The summed E-state index contributed by atoms with van der Waals surface area (Å²) in [5, 5.41) is 40.1. The molecule has 10 nitrogen and oxygen atoms in total. The number of carbonyl (C=O) groups excluding carboxylic acids is 2. The van der Waals surface area contributed by atoms with Crippen molar-refractivity contribution in [3.05, 3.63) is 24.3 Å². The van der Waals surface area contributed by atoms with Gasteiger partial charge in [-0.05, 0) is 57.8 Å². The molecule has 1 aliphatic heterocycles. The van der Waals surface area contributed by atoms with Crippen LogP contribution in [0.1, 0.15) is 206 Å². The number of esters is 2. The van der Waals surface area contributed by atoms with Crippen molar-refractivity contribution >= 4 is 11.9 Å². The molecule has 0 bridgehead atoms. The number of hydrogen-bond acceptors (Lipinski definition) is 10. The molecule has 0 aliphatic carbocycles. The fourth-order valence-corrected chi connectivity index (χ4v) is 7.05. The Morgan fingerprint density at radius 1 is 0.526 bits per heavy atom. The van der Waals surface area contributed by atoms with Gasteiger partial charge in [0.1, 0.15) is 31.0 Å². The minimum atomic E-state index is -1.59. The van der Waals surface area contributed by atoms with E-state index in [-0.39, 0.29) is 32.0 Å². The average molecular weight is 811 g/mol. The Labute approximate surface area is 347 Å². The summed E-state index contributed by atoms with van der Waals surface area (Å²) in [5.74, 6) is -0.805. The first-order valence-corrected chi connectivity index (χ1v) is 23.4. The molecule has 0 radical (unpaired) electrons. The van der Waals surface area contributed by atoms with Crippen LogP contribution >= 0.6 is 0 Å². The lowest BCUT2D eigenvalue weighted by Gasteiger charge is -2.39. The quantitative estimate of drug-likeness (QED) is 0.0268. The molecule has 2 unspecified atom stereocenters. The summed E-state index contributed by atoms with van der Waals surface area (Å²) in [6, 6.07) is 0. The van der Waals surface area contributed by atoms with Gasteiger partial charge in [0.05, 0.1) is 13.2 Å². The molecule has 334 valence electrons. The van der Waals surface area contributed by atoms with Crippen molar-refractivity contribution in [2.75, 3.05) is 19.8 Å². The van der Waals surface area contributed by atoms with E-state index in [1.807, 2.05) is 0 Å². The van der Waals surface area contributed by atoms with Crippen LogP contribution in [0.15, 0.2) is 24.3 Å². The predicted octanol–water partition coefficient (Wildman–Crippen LogP) is 10.1. The molecular weight excluding hydrogens is 725 g/mol. The van der Waals surface area contributed by atoms with Crippen molar-refractivity contribution in [3.63, 3.8) is 0 Å². The second-order valence-electron chi connectivity index (χ2n) is 16.2. The lowest BCUT2D eigenvalue weighted by Crippen LogP contribution is -2.59. The van der Waals surface area contributed by atoms with Gasteiger partial charge < -0.3 is 39.4 Å². The molecule has 4 N–H and O–H groups in total. The standard InChI is InChI=1S/C47H86O10/c1-3-5-7-9-11-13-15-17-19-20-22-23-25-27-29-31-33-35-42(49)54-38-40(39-55-47-46(53)45(52)44(51)41(37-48)57-47)56-43(50)36-34-32-30-28-26-24-21-18-16-14-12-10-8-6-4-2/h10,12-13,15,40-41,44-48,51-53H,3-9,11,14,16-39H2,1-2H3/b12-10+,15-13+/t40-,41-,44+,45?,46?,47-/m0/s1. The third-order valence-electron chi connectivity index (χ3n) is 10.8. The number of allylic oxidation sites excluding steroid dienone is 4. The van der Waals surface area contributed by atoms with E-state index in [2.05, 4.69) is 38.2 Å². The molecule has 10 heteroatoms. The molecule has 0 aromatic carbocycles. The zero-order valence-electron chi connectivity index (χ0n) is 36.3. The molecule has 6 atom stereocenters. The Bertz CT molecular complexity index is 985. The maximum atomic E-state index is 12.8. The molecule has 0 aromatic rings. The van der Waals surface area contributed by atoms with Crippen molar-refractivity contribution < 1.29 is 49.0 Å². The fourth-order valence-electron chi connectivity index (χ4n) is 7.05. The van der Waals surface area contributed by atoms with Crippen LogP contribution < -0.4 is 0 Å². The van der Waals surface area contributed by atoms with Gasteiger partial charge in [-0.15, -0.1) is 0 Å². The Balaban J connectivity index is 2.30. The topological polar surface area (TPSA) is 152 Å². The third kappa shape index (κ3) is 30.0. The number of carbonyl (C=O) groups is 2. The summed E-state index contributed by atoms with van der Waals surface area (Å²) in [4.78, 5) is 25.4. The van der Waals surface area contributed by atoms with E-state index in [9.17, 15) is 30.0 Å². The van der Waals surface area contributed by atoms with Crippen molar-refractivity contribution in [3.8, 4) is 0 Å². The van der Waals surface area contributed by atoms with E-state index in [0.29, 0.717) is 6.42 Å².